The summed E-state index contributed by atoms with van der Waals surface area (Å²) in [6, 6.07) is 3.60. The van der Waals surface area contributed by atoms with Crippen LogP contribution >= 0.6 is 11.6 Å². The molecule has 3 rings (SSSR count). The Balaban J connectivity index is 1.54. The molecule has 2 amide bonds. The van der Waals surface area contributed by atoms with Crippen molar-refractivity contribution < 1.29 is 14.3 Å². The number of anilines is 1. The van der Waals surface area contributed by atoms with Gasteiger partial charge in [0.1, 0.15) is 19.0 Å². The smallest absolute Gasteiger partial charge is 0.410 e. The van der Waals surface area contributed by atoms with E-state index in [1.165, 1.54) is 4.90 Å². The molecular formula is C14H17ClN4O3. The second-order valence-electron chi connectivity index (χ2n) is 5.21. The highest BCUT2D eigenvalue weighted by Crippen LogP contribution is 2.23. The van der Waals surface area contributed by atoms with E-state index in [-0.39, 0.29) is 12.5 Å². The van der Waals surface area contributed by atoms with Crippen LogP contribution in [0.2, 0.25) is 5.02 Å². The van der Waals surface area contributed by atoms with Gasteiger partial charge in [0.05, 0.1) is 11.6 Å². The van der Waals surface area contributed by atoms with Gasteiger partial charge >= 0.3 is 6.09 Å². The minimum Gasteiger partial charge on any atom is -0.448 e. The highest BCUT2D eigenvalue weighted by atomic mass is 35.5. The van der Waals surface area contributed by atoms with Crippen molar-refractivity contribution in [2.24, 2.45) is 0 Å². The summed E-state index contributed by atoms with van der Waals surface area (Å²) in [6.07, 6.45) is 1.30. The second kappa shape index (κ2) is 6.39. The zero-order valence-corrected chi connectivity index (χ0v) is 12.8. The predicted molar refractivity (Wildman–Crippen MR) is 81.0 cm³/mol. The number of carbonyl (C=O) groups is 2. The van der Waals surface area contributed by atoms with Gasteiger partial charge in [-0.25, -0.2) is 9.78 Å². The first-order valence-corrected chi connectivity index (χ1v) is 7.58. The number of amides is 2. The molecule has 0 unspecified atom stereocenters. The second-order valence-corrected chi connectivity index (χ2v) is 5.62. The zero-order chi connectivity index (χ0) is 15.5. The van der Waals surface area contributed by atoms with Crippen LogP contribution in [0.1, 0.15) is 0 Å². The standard InChI is InChI=1S/C14H17ClN4O3/c15-11-2-1-3-16-13(11)18-6-4-17(5-7-18)12(20)10-19-8-9-22-14(19)21/h1-3H,4-10H2. The number of aromatic nitrogens is 1. The molecule has 0 aromatic carbocycles. The summed E-state index contributed by atoms with van der Waals surface area (Å²) in [7, 11) is 0. The summed E-state index contributed by atoms with van der Waals surface area (Å²) in [5.74, 6) is 0.699. The van der Waals surface area contributed by atoms with Gasteiger partial charge in [0, 0.05) is 32.4 Å². The van der Waals surface area contributed by atoms with Gasteiger partial charge in [-0.2, -0.15) is 0 Å². The number of piperazine rings is 1. The van der Waals surface area contributed by atoms with Gasteiger partial charge in [0.2, 0.25) is 5.91 Å². The van der Waals surface area contributed by atoms with Crippen LogP contribution in [-0.4, -0.2) is 72.7 Å². The number of rotatable bonds is 3. The Morgan fingerprint density at radius 1 is 1.27 bits per heavy atom. The van der Waals surface area contributed by atoms with Crippen LogP contribution in [0.5, 0.6) is 0 Å². The summed E-state index contributed by atoms with van der Waals surface area (Å²) >= 11 is 6.14. The third-order valence-electron chi connectivity index (χ3n) is 3.84. The fourth-order valence-corrected chi connectivity index (χ4v) is 2.85. The SMILES string of the molecule is O=C(CN1CCOC1=O)N1CCN(c2ncccc2Cl)CC1. The van der Waals surface area contributed by atoms with Gasteiger partial charge in [-0.1, -0.05) is 11.6 Å². The summed E-state index contributed by atoms with van der Waals surface area (Å²) < 4.78 is 4.83. The Labute approximate surface area is 133 Å². The Hall–Kier alpha value is -2.02. The zero-order valence-electron chi connectivity index (χ0n) is 12.1. The number of pyridine rings is 1. The number of hydrogen-bond acceptors (Lipinski definition) is 5. The van der Waals surface area contributed by atoms with Crippen molar-refractivity contribution in [3.8, 4) is 0 Å². The normalized spacial score (nSPS) is 18.6. The Morgan fingerprint density at radius 2 is 2.05 bits per heavy atom. The molecule has 0 N–H and O–H groups in total. The van der Waals surface area contributed by atoms with Crippen LogP contribution in [0.15, 0.2) is 18.3 Å². The van der Waals surface area contributed by atoms with Crippen molar-refractivity contribution in [1.29, 1.82) is 0 Å². The van der Waals surface area contributed by atoms with E-state index in [0.29, 0.717) is 44.4 Å². The quantitative estimate of drug-likeness (QED) is 0.824. The molecule has 0 spiro atoms. The number of carbonyl (C=O) groups excluding carboxylic acids is 2. The van der Waals surface area contributed by atoms with Gasteiger partial charge in [-0.15, -0.1) is 0 Å². The number of hydrogen-bond donors (Lipinski definition) is 0. The van der Waals surface area contributed by atoms with Gasteiger partial charge < -0.3 is 14.5 Å². The summed E-state index contributed by atoms with van der Waals surface area (Å²) in [5.41, 5.74) is 0. The van der Waals surface area contributed by atoms with E-state index < -0.39 is 6.09 Å². The van der Waals surface area contributed by atoms with Crippen molar-refractivity contribution >= 4 is 29.4 Å². The first kappa shape index (κ1) is 14.9. The highest BCUT2D eigenvalue weighted by molar-refractivity contribution is 6.32. The summed E-state index contributed by atoms with van der Waals surface area (Å²) in [5, 5.41) is 0.613. The molecule has 0 saturated carbocycles. The maximum Gasteiger partial charge on any atom is 0.410 e. The Kier molecular flexibility index (Phi) is 4.33. The molecule has 1 aromatic heterocycles. The molecule has 0 atom stereocenters. The van der Waals surface area contributed by atoms with Gasteiger partial charge in [-0.05, 0) is 12.1 Å². The van der Waals surface area contributed by atoms with Crippen LogP contribution in [0.4, 0.5) is 10.6 Å². The topological polar surface area (TPSA) is 66.0 Å². The van der Waals surface area contributed by atoms with E-state index in [4.69, 9.17) is 16.3 Å². The van der Waals surface area contributed by atoms with Crippen molar-refractivity contribution in [2.75, 3.05) is 50.8 Å². The van der Waals surface area contributed by atoms with Crippen LogP contribution in [0.3, 0.4) is 0 Å². The van der Waals surface area contributed by atoms with Gasteiger partial charge in [0.25, 0.3) is 0 Å². The van der Waals surface area contributed by atoms with E-state index >= 15 is 0 Å². The first-order valence-electron chi connectivity index (χ1n) is 7.20. The van der Waals surface area contributed by atoms with E-state index in [9.17, 15) is 9.59 Å². The average molecular weight is 325 g/mol. The molecule has 118 valence electrons. The van der Waals surface area contributed by atoms with Crippen molar-refractivity contribution in [1.82, 2.24) is 14.8 Å². The van der Waals surface area contributed by atoms with E-state index in [1.54, 1.807) is 23.2 Å². The predicted octanol–water partition coefficient (Wildman–Crippen LogP) is 0.836. The Morgan fingerprint density at radius 3 is 2.68 bits per heavy atom. The van der Waals surface area contributed by atoms with Crippen LogP contribution in [0.25, 0.3) is 0 Å². The first-order chi connectivity index (χ1) is 10.6. The van der Waals surface area contributed by atoms with E-state index in [2.05, 4.69) is 9.88 Å². The number of nitrogens with zero attached hydrogens (tertiary/aromatic N) is 4. The lowest BCUT2D eigenvalue weighted by atomic mass is 10.3. The molecular weight excluding hydrogens is 308 g/mol. The fraction of sp³-hybridized carbons (Fsp3) is 0.500. The highest BCUT2D eigenvalue weighted by Gasteiger charge is 2.28. The van der Waals surface area contributed by atoms with Crippen LogP contribution in [-0.2, 0) is 9.53 Å². The van der Waals surface area contributed by atoms with Crippen LogP contribution < -0.4 is 4.90 Å². The third kappa shape index (κ3) is 3.09. The maximum atomic E-state index is 12.2. The number of cyclic esters (lactones) is 1. The van der Waals surface area contributed by atoms with E-state index in [1.807, 2.05) is 0 Å². The molecule has 22 heavy (non-hydrogen) atoms. The molecule has 8 heteroatoms. The minimum atomic E-state index is -0.410. The molecule has 2 fully saturated rings. The molecule has 2 aliphatic heterocycles. The van der Waals surface area contributed by atoms with Crippen molar-refractivity contribution in [3.63, 3.8) is 0 Å². The molecule has 7 nitrogen and oxygen atoms in total. The minimum absolute atomic E-state index is 0.0504. The summed E-state index contributed by atoms with van der Waals surface area (Å²) in [4.78, 5) is 33.1. The fourth-order valence-electron chi connectivity index (χ4n) is 2.61. The molecule has 1 aromatic rings. The third-order valence-corrected chi connectivity index (χ3v) is 4.14. The van der Waals surface area contributed by atoms with Crippen molar-refractivity contribution in [2.45, 2.75) is 0 Å². The number of halogens is 1. The molecule has 0 bridgehead atoms. The van der Waals surface area contributed by atoms with Gasteiger partial charge in [-0.3, -0.25) is 9.69 Å². The lowest BCUT2D eigenvalue weighted by Gasteiger charge is -2.36. The average Bonchev–Trinajstić information content (AvgIpc) is 2.93. The summed E-state index contributed by atoms with van der Waals surface area (Å²) in [6.45, 7) is 3.46. The van der Waals surface area contributed by atoms with Gasteiger partial charge in [0.15, 0.2) is 0 Å². The Bertz CT molecular complexity index is 575. The monoisotopic (exact) mass is 324 g/mol. The molecule has 0 radical (unpaired) electrons. The molecule has 0 aliphatic carbocycles. The van der Waals surface area contributed by atoms with Crippen molar-refractivity contribution in [3.05, 3.63) is 23.4 Å². The van der Waals surface area contributed by atoms with Crippen LogP contribution in [0, 0.1) is 0 Å². The molecule has 2 saturated heterocycles. The molecule has 2 aliphatic rings. The largest absolute Gasteiger partial charge is 0.448 e. The van der Waals surface area contributed by atoms with E-state index in [0.717, 1.165) is 5.82 Å². The lowest BCUT2D eigenvalue weighted by Crippen LogP contribution is -2.51. The lowest BCUT2D eigenvalue weighted by molar-refractivity contribution is -0.132. The number of ether oxygens (including phenoxy) is 1. The maximum absolute atomic E-state index is 12.2. The molecule has 3 heterocycles.